The van der Waals surface area contributed by atoms with Gasteiger partial charge in [0.25, 0.3) is 0 Å². The molecule has 2 rings (SSSR count). The molecule has 2 aromatic carbocycles. The summed E-state index contributed by atoms with van der Waals surface area (Å²) < 4.78 is 59.9. The van der Waals surface area contributed by atoms with Crippen LogP contribution in [0.4, 0.5) is 5.69 Å². The van der Waals surface area contributed by atoms with Gasteiger partial charge in [0, 0.05) is 23.0 Å². The highest BCUT2D eigenvalue weighted by molar-refractivity contribution is 7.89. The van der Waals surface area contributed by atoms with E-state index in [-0.39, 0.29) is 11.4 Å². The molecule has 0 aromatic heterocycles. The van der Waals surface area contributed by atoms with E-state index >= 15 is 0 Å². The van der Waals surface area contributed by atoms with E-state index in [1.165, 1.54) is 12.1 Å². The first-order chi connectivity index (χ1) is 10.2. The van der Waals surface area contributed by atoms with Gasteiger partial charge in [-0.2, -0.15) is 8.42 Å². The molecule has 8 nitrogen and oxygen atoms in total. The lowest BCUT2D eigenvalue weighted by atomic mass is 10.1. The maximum Gasteiger partial charge on any atom is 0.397 e. The number of sulfonamides is 1. The molecule has 0 saturated heterocycles. The van der Waals surface area contributed by atoms with Gasteiger partial charge in [0.15, 0.2) is 0 Å². The number of nitrogens with one attached hydrogen (secondary N) is 1. The molecule has 0 spiro atoms. The van der Waals surface area contributed by atoms with Crippen molar-refractivity contribution >= 4 is 36.9 Å². The van der Waals surface area contributed by atoms with Crippen molar-refractivity contribution in [2.45, 2.75) is 4.90 Å². The summed E-state index contributed by atoms with van der Waals surface area (Å²) in [6.45, 7) is -0.841. The fourth-order valence-corrected chi connectivity index (χ4v) is 3.45. The number of rotatable bonds is 6. The first-order valence-electron chi connectivity index (χ1n) is 6.09. The van der Waals surface area contributed by atoms with E-state index in [1.54, 1.807) is 24.3 Å². The molecular formula is C12H14N2O6S2. The van der Waals surface area contributed by atoms with Crippen molar-refractivity contribution in [1.29, 1.82) is 0 Å². The highest BCUT2D eigenvalue weighted by Gasteiger charge is 2.18. The third-order valence-corrected chi connectivity index (χ3v) is 4.82. The standard InChI is InChI=1S/C12H14N2O6S2/c13-11-5-6-12(10-4-2-1-3-9(10)11)21(15,16)14-7-8-20-22(17,18)19/h1-6,14H,7-8,13H2,(H,17,18,19). The van der Waals surface area contributed by atoms with Crippen LogP contribution in [0.5, 0.6) is 0 Å². The minimum absolute atomic E-state index is 0.0177. The van der Waals surface area contributed by atoms with Crippen LogP contribution in [0.3, 0.4) is 0 Å². The fraction of sp³-hybridized carbons (Fsp3) is 0.167. The highest BCUT2D eigenvalue weighted by Crippen LogP contribution is 2.27. The summed E-state index contributed by atoms with van der Waals surface area (Å²) in [5.41, 5.74) is 6.26. The van der Waals surface area contributed by atoms with E-state index in [0.717, 1.165) is 0 Å². The van der Waals surface area contributed by atoms with Crippen LogP contribution in [-0.2, 0) is 24.6 Å². The van der Waals surface area contributed by atoms with Crippen molar-refractivity contribution in [3.63, 3.8) is 0 Å². The summed E-state index contributed by atoms with van der Waals surface area (Å²) in [6.07, 6.45) is 0. The summed E-state index contributed by atoms with van der Waals surface area (Å²) in [7, 11) is -8.48. The van der Waals surface area contributed by atoms with Crippen LogP contribution in [0, 0.1) is 0 Å². The summed E-state index contributed by atoms with van der Waals surface area (Å²) in [5, 5.41) is 1.05. The second kappa shape index (κ2) is 6.18. The maximum absolute atomic E-state index is 12.3. The van der Waals surface area contributed by atoms with Crippen molar-refractivity contribution in [2.24, 2.45) is 0 Å². The normalized spacial score (nSPS) is 12.6. The number of nitrogens with two attached hydrogens (primary N) is 1. The third-order valence-electron chi connectivity index (χ3n) is 2.83. The van der Waals surface area contributed by atoms with Gasteiger partial charge < -0.3 is 5.73 Å². The molecule has 0 amide bonds. The Bertz CT molecular complexity index is 893. The predicted molar refractivity (Wildman–Crippen MR) is 81.0 cm³/mol. The zero-order chi connectivity index (χ0) is 16.4. The monoisotopic (exact) mass is 346 g/mol. The molecule has 0 heterocycles. The van der Waals surface area contributed by atoms with Crippen LogP contribution in [0.1, 0.15) is 0 Å². The van der Waals surface area contributed by atoms with E-state index in [1.807, 2.05) is 0 Å². The summed E-state index contributed by atoms with van der Waals surface area (Å²) in [5.74, 6) is 0. The smallest absolute Gasteiger partial charge is 0.397 e. The molecular weight excluding hydrogens is 332 g/mol. The highest BCUT2D eigenvalue weighted by atomic mass is 32.3. The second-order valence-corrected chi connectivity index (χ2v) is 7.17. The zero-order valence-corrected chi connectivity index (χ0v) is 12.9. The molecule has 0 aliphatic rings. The molecule has 120 valence electrons. The minimum atomic E-state index is -4.60. The molecule has 0 aliphatic carbocycles. The molecule has 4 N–H and O–H groups in total. The Morgan fingerprint density at radius 2 is 1.68 bits per heavy atom. The largest absolute Gasteiger partial charge is 0.398 e. The van der Waals surface area contributed by atoms with Gasteiger partial charge in [0.05, 0.1) is 11.5 Å². The SMILES string of the molecule is Nc1ccc(S(=O)(=O)NCCOS(=O)(=O)O)c2ccccc12. The lowest BCUT2D eigenvalue weighted by Crippen LogP contribution is -2.28. The van der Waals surface area contributed by atoms with Crippen molar-refractivity contribution in [3.8, 4) is 0 Å². The number of hydrogen-bond donors (Lipinski definition) is 3. The van der Waals surface area contributed by atoms with Crippen LogP contribution in [0.15, 0.2) is 41.3 Å². The molecule has 0 fully saturated rings. The molecule has 0 atom stereocenters. The number of fused-ring (bicyclic) bond motifs is 1. The Labute approximate surface area is 127 Å². The van der Waals surface area contributed by atoms with Crippen molar-refractivity contribution in [1.82, 2.24) is 4.72 Å². The zero-order valence-electron chi connectivity index (χ0n) is 11.3. The Morgan fingerprint density at radius 1 is 1.05 bits per heavy atom. The van der Waals surface area contributed by atoms with E-state index in [9.17, 15) is 16.8 Å². The molecule has 0 saturated carbocycles. The molecule has 0 aliphatic heterocycles. The van der Waals surface area contributed by atoms with Crippen molar-refractivity contribution in [3.05, 3.63) is 36.4 Å². The Morgan fingerprint density at radius 3 is 2.32 bits per heavy atom. The molecule has 0 unspecified atom stereocenters. The lowest BCUT2D eigenvalue weighted by Gasteiger charge is -2.10. The Kier molecular flexibility index (Phi) is 4.68. The van der Waals surface area contributed by atoms with E-state index < -0.39 is 27.0 Å². The number of hydrogen-bond acceptors (Lipinski definition) is 6. The summed E-state index contributed by atoms with van der Waals surface area (Å²) in [6, 6.07) is 9.58. The van der Waals surface area contributed by atoms with Gasteiger partial charge in [-0.25, -0.2) is 17.3 Å². The minimum Gasteiger partial charge on any atom is -0.398 e. The average Bonchev–Trinajstić information content (AvgIpc) is 2.43. The topological polar surface area (TPSA) is 136 Å². The van der Waals surface area contributed by atoms with Crippen molar-refractivity contribution in [2.75, 3.05) is 18.9 Å². The molecule has 0 radical (unpaired) electrons. The van der Waals surface area contributed by atoms with E-state index in [4.69, 9.17) is 10.3 Å². The molecule has 22 heavy (non-hydrogen) atoms. The lowest BCUT2D eigenvalue weighted by molar-refractivity contribution is 0.272. The Balaban J connectivity index is 2.25. The van der Waals surface area contributed by atoms with Crippen molar-refractivity contribution < 1.29 is 25.6 Å². The summed E-state index contributed by atoms with van der Waals surface area (Å²) in [4.78, 5) is 0.0177. The predicted octanol–water partition coefficient (Wildman–Crippen LogP) is 0.520. The van der Waals surface area contributed by atoms with E-state index in [2.05, 4.69) is 8.91 Å². The number of anilines is 1. The van der Waals surface area contributed by atoms with Crippen LogP contribution in [0.2, 0.25) is 0 Å². The van der Waals surface area contributed by atoms with Gasteiger partial charge >= 0.3 is 10.4 Å². The average molecular weight is 346 g/mol. The van der Waals surface area contributed by atoms with E-state index in [0.29, 0.717) is 16.5 Å². The van der Waals surface area contributed by atoms with Crippen LogP contribution in [-0.4, -0.2) is 34.5 Å². The van der Waals surface area contributed by atoms with Gasteiger partial charge in [-0.3, -0.25) is 4.55 Å². The van der Waals surface area contributed by atoms with Gasteiger partial charge in [0.1, 0.15) is 0 Å². The first kappa shape index (κ1) is 16.6. The van der Waals surface area contributed by atoms with Crippen LogP contribution in [0.25, 0.3) is 10.8 Å². The maximum atomic E-state index is 12.3. The molecule has 2 aromatic rings. The molecule has 0 bridgehead atoms. The number of benzene rings is 2. The van der Waals surface area contributed by atoms with Gasteiger partial charge in [-0.15, -0.1) is 0 Å². The second-order valence-electron chi connectivity index (χ2n) is 4.35. The molecule has 10 heteroatoms. The summed E-state index contributed by atoms with van der Waals surface area (Å²) >= 11 is 0. The van der Waals surface area contributed by atoms with Crippen LogP contribution >= 0.6 is 0 Å². The van der Waals surface area contributed by atoms with Gasteiger partial charge in [0.2, 0.25) is 10.0 Å². The number of nitrogen functional groups attached to an aromatic ring is 1. The van der Waals surface area contributed by atoms with Gasteiger partial charge in [-0.1, -0.05) is 24.3 Å². The van der Waals surface area contributed by atoms with Crippen LogP contribution < -0.4 is 10.5 Å². The fourth-order valence-electron chi connectivity index (χ4n) is 1.93. The van der Waals surface area contributed by atoms with Gasteiger partial charge in [-0.05, 0) is 12.1 Å². The quantitative estimate of drug-likeness (QED) is 0.394. The Hall–Kier alpha value is -1.72. The third kappa shape index (κ3) is 3.93. The first-order valence-corrected chi connectivity index (χ1v) is 8.94.